The van der Waals surface area contributed by atoms with Crippen LogP contribution < -0.4 is 4.83 Å². The minimum absolute atomic E-state index is 0.356. The molecule has 0 radical (unpaired) electrons. The summed E-state index contributed by atoms with van der Waals surface area (Å²) in [6.07, 6.45) is 4.06. The van der Waals surface area contributed by atoms with E-state index in [9.17, 15) is 18.0 Å². The van der Waals surface area contributed by atoms with Gasteiger partial charge in [-0.05, 0) is 11.6 Å². The molecule has 0 saturated heterocycles. The molecule has 0 fully saturated rings. The van der Waals surface area contributed by atoms with E-state index >= 15 is 0 Å². The Balaban J connectivity index is 2.77. The number of hydrogen-bond donors (Lipinski definition) is 1. The van der Waals surface area contributed by atoms with Gasteiger partial charge in [0.15, 0.2) is 0 Å². The summed E-state index contributed by atoms with van der Waals surface area (Å²) in [5.74, 6) is -0.624. The van der Waals surface area contributed by atoms with Crippen LogP contribution >= 0.6 is 0 Å². The van der Waals surface area contributed by atoms with Gasteiger partial charge in [0.05, 0.1) is 12.8 Å². The zero-order chi connectivity index (χ0) is 14.3. The van der Waals surface area contributed by atoms with Gasteiger partial charge in [0.25, 0.3) is 5.91 Å². The largest absolute Gasteiger partial charge is 0.301 e. The standard InChI is InChI=1S/C12H14N2O4S/c1-19(17,18)13-14(9-10-15)12(16)8-7-11-5-3-2-4-6-11/h2-8,10,13H,9H2,1H3. The molecule has 0 bridgehead atoms. The Labute approximate surface area is 111 Å². The van der Waals surface area contributed by atoms with E-state index in [0.717, 1.165) is 16.8 Å². The van der Waals surface area contributed by atoms with Crippen LogP contribution in [0.5, 0.6) is 0 Å². The van der Waals surface area contributed by atoms with Gasteiger partial charge in [-0.3, -0.25) is 9.80 Å². The Morgan fingerprint density at radius 3 is 2.47 bits per heavy atom. The highest BCUT2D eigenvalue weighted by Crippen LogP contribution is 2.01. The van der Waals surface area contributed by atoms with E-state index in [0.29, 0.717) is 6.29 Å². The zero-order valence-corrected chi connectivity index (χ0v) is 11.1. The van der Waals surface area contributed by atoms with Gasteiger partial charge in [-0.25, -0.2) is 8.42 Å². The van der Waals surface area contributed by atoms with Gasteiger partial charge in [0.1, 0.15) is 6.29 Å². The maximum absolute atomic E-state index is 11.7. The van der Waals surface area contributed by atoms with E-state index in [1.165, 1.54) is 12.2 Å². The summed E-state index contributed by atoms with van der Waals surface area (Å²) in [6.45, 7) is -0.356. The summed E-state index contributed by atoms with van der Waals surface area (Å²) in [4.78, 5) is 24.1. The second kappa shape index (κ2) is 6.81. The van der Waals surface area contributed by atoms with Crippen molar-refractivity contribution in [2.45, 2.75) is 0 Å². The van der Waals surface area contributed by atoms with Crippen LogP contribution in [0.4, 0.5) is 0 Å². The molecule has 0 aliphatic heterocycles. The summed E-state index contributed by atoms with van der Waals surface area (Å²) in [5, 5.41) is 0.724. The quantitative estimate of drug-likeness (QED) is 0.459. The van der Waals surface area contributed by atoms with Crippen molar-refractivity contribution >= 4 is 28.3 Å². The highest BCUT2D eigenvalue weighted by molar-refractivity contribution is 7.88. The maximum Gasteiger partial charge on any atom is 0.261 e. The fraction of sp³-hybridized carbons (Fsp3) is 0.167. The van der Waals surface area contributed by atoms with Gasteiger partial charge in [0.2, 0.25) is 10.0 Å². The molecule has 0 aliphatic carbocycles. The minimum Gasteiger partial charge on any atom is -0.301 e. The van der Waals surface area contributed by atoms with Gasteiger partial charge < -0.3 is 4.79 Å². The molecule has 1 amide bonds. The van der Waals surface area contributed by atoms with Crippen LogP contribution in [0.1, 0.15) is 5.56 Å². The molecule has 0 unspecified atom stereocenters. The predicted molar refractivity (Wildman–Crippen MR) is 71.2 cm³/mol. The predicted octanol–water partition coefficient (Wildman–Crippen LogP) is 0.191. The number of hydrogen-bond acceptors (Lipinski definition) is 4. The van der Waals surface area contributed by atoms with E-state index in [-0.39, 0.29) is 6.54 Å². The molecule has 0 saturated carbocycles. The number of nitrogens with zero attached hydrogens (tertiary/aromatic N) is 1. The molecule has 0 aliphatic rings. The van der Waals surface area contributed by atoms with Crippen molar-refractivity contribution in [3.05, 3.63) is 42.0 Å². The molecule has 0 spiro atoms. The SMILES string of the molecule is CS(=O)(=O)NN(CC=O)C(=O)C=Cc1ccccc1. The number of hydrazine groups is 1. The third kappa shape index (κ3) is 5.94. The van der Waals surface area contributed by atoms with Crippen molar-refractivity contribution in [2.24, 2.45) is 0 Å². The van der Waals surface area contributed by atoms with Gasteiger partial charge in [0, 0.05) is 6.08 Å². The summed E-state index contributed by atoms with van der Waals surface area (Å²) >= 11 is 0. The monoisotopic (exact) mass is 282 g/mol. The average molecular weight is 282 g/mol. The number of benzene rings is 1. The highest BCUT2D eigenvalue weighted by atomic mass is 32.2. The Kier molecular flexibility index (Phi) is 5.40. The lowest BCUT2D eigenvalue weighted by molar-refractivity contribution is -0.129. The molecule has 102 valence electrons. The van der Waals surface area contributed by atoms with Gasteiger partial charge >= 0.3 is 0 Å². The summed E-state index contributed by atoms with van der Waals surface area (Å²) in [7, 11) is -3.61. The second-order valence-corrected chi connectivity index (χ2v) is 5.45. The van der Waals surface area contributed by atoms with Gasteiger partial charge in [-0.1, -0.05) is 30.3 Å². The van der Waals surface area contributed by atoms with Crippen LogP contribution in [0.15, 0.2) is 36.4 Å². The van der Waals surface area contributed by atoms with E-state index in [1.807, 2.05) is 23.0 Å². The Bertz CT molecular complexity index is 567. The first-order valence-corrected chi connectivity index (χ1v) is 7.27. The Morgan fingerprint density at radius 2 is 1.95 bits per heavy atom. The molecule has 7 heteroatoms. The first-order valence-electron chi connectivity index (χ1n) is 5.38. The molecule has 0 heterocycles. The normalized spacial score (nSPS) is 11.4. The number of nitrogens with one attached hydrogen (secondary N) is 1. The van der Waals surface area contributed by atoms with Gasteiger partial charge in [-0.2, -0.15) is 0 Å². The van der Waals surface area contributed by atoms with Gasteiger partial charge in [-0.15, -0.1) is 4.83 Å². The van der Waals surface area contributed by atoms with Crippen LogP contribution in [0.2, 0.25) is 0 Å². The molecular weight excluding hydrogens is 268 g/mol. The topological polar surface area (TPSA) is 83.6 Å². The highest BCUT2D eigenvalue weighted by Gasteiger charge is 2.14. The van der Waals surface area contributed by atoms with E-state index < -0.39 is 15.9 Å². The summed E-state index contributed by atoms with van der Waals surface area (Å²) < 4.78 is 22.1. The van der Waals surface area contributed by atoms with E-state index in [1.54, 1.807) is 12.1 Å². The van der Waals surface area contributed by atoms with E-state index in [4.69, 9.17) is 0 Å². The molecule has 0 atom stereocenters. The molecule has 1 N–H and O–H groups in total. The molecule has 1 aromatic rings. The Hall–Kier alpha value is -1.99. The fourth-order valence-corrected chi connectivity index (χ4v) is 1.83. The Morgan fingerprint density at radius 1 is 1.32 bits per heavy atom. The number of amides is 1. The third-order valence-electron chi connectivity index (χ3n) is 2.02. The first-order chi connectivity index (χ1) is 8.92. The van der Waals surface area contributed by atoms with Crippen molar-refractivity contribution in [1.29, 1.82) is 0 Å². The zero-order valence-electron chi connectivity index (χ0n) is 10.3. The first kappa shape index (κ1) is 15.1. The lowest BCUT2D eigenvalue weighted by Gasteiger charge is -2.17. The molecule has 19 heavy (non-hydrogen) atoms. The van der Waals surface area contributed by atoms with Crippen LogP contribution in [-0.4, -0.2) is 38.4 Å². The van der Waals surface area contributed by atoms with Crippen LogP contribution in [0.3, 0.4) is 0 Å². The fourth-order valence-electron chi connectivity index (χ4n) is 1.27. The lowest BCUT2D eigenvalue weighted by atomic mass is 10.2. The third-order valence-corrected chi connectivity index (χ3v) is 2.57. The number of rotatable bonds is 6. The lowest BCUT2D eigenvalue weighted by Crippen LogP contribution is -2.45. The smallest absolute Gasteiger partial charge is 0.261 e. The minimum atomic E-state index is -3.61. The molecule has 1 aromatic carbocycles. The summed E-state index contributed by atoms with van der Waals surface area (Å²) in [6, 6.07) is 9.03. The number of carbonyl (C=O) groups excluding carboxylic acids is 2. The molecule has 0 aromatic heterocycles. The molecular formula is C12H14N2O4S. The maximum atomic E-state index is 11.7. The van der Waals surface area contributed by atoms with Crippen molar-refractivity contribution in [3.8, 4) is 0 Å². The van der Waals surface area contributed by atoms with E-state index in [2.05, 4.69) is 0 Å². The van der Waals surface area contributed by atoms with Crippen LogP contribution in [0.25, 0.3) is 6.08 Å². The second-order valence-electron chi connectivity index (χ2n) is 3.72. The number of aldehydes is 1. The van der Waals surface area contributed by atoms with Crippen LogP contribution in [0, 0.1) is 0 Å². The summed E-state index contributed by atoms with van der Waals surface area (Å²) in [5.41, 5.74) is 0.793. The average Bonchev–Trinajstić information content (AvgIpc) is 2.35. The molecule has 1 rings (SSSR count). The van der Waals surface area contributed by atoms with Crippen molar-refractivity contribution in [1.82, 2.24) is 9.84 Å². The van der Waals surface area contributed by atoms with Crippen molar-refractivity contribution < 1.29 is 18.0 Å². The number of sulfonamides is 1. The number of carbonyl (C=O) groups is 2. The molecule has 6 nitrogen and oxygen atoms in total. The van der Waals surface area contributed by atoms with Crippen molar-refractivity contribution in [3.63, 3.8) is 0 Å². The van der Waals surface area contributed by atoms with Crippen LogP contribution in [-0.2, 0) is 19.6 Å². The van der Waals surface area contributed by atoms with Crippen molar-refractivity contribution in [2.75, 3.05) is 12.8 Å².